The second-order valence-electron chi connectivity index (χ2n) is 16.5. The molecule has 5 nitrogen and oxygen atoms in total. The highest BCUT2D eigenvalue weighted by Crippen LogP contribution is 2.17. The molecule has 0 aliphatic carbocycles. The van der Waals surface area contributed by atoms with Crippen LogP contribution in [0.3, 0.4) is 0 Å². The molecular formula is C45H88O5. The van der Waals surface area contributed by atoms with Gasteiger partial charge in [0.25, 0.3) is 0 Å². The van der Waals surface area contributed by atoms with Gasteiger partial charge in [0.2, 0.25) is 0 Å². The highest BCUT2D eigenvalue weighted by Gasteiger charge is 2.12. The van der Waals surface area contributed by atoms with E-state index in [-0.39, 0.29) is 25.2 Å². The van der Waals surface area contributed by atoms with E-state index in [1.165, 1.54) is 180 Å². The van der Waals surface area contributed by atoms with E-state index in [9.17, 15) is 14.7 Å². The van der Waals surface area contributed by atoms with Gasteiger partial charge in [-0.2, -0.15) is 0 Å². The van der Waals surface area contributed by atoms with Crippen molar-refractivity contribution in [3.05, 3.63) is 0 Å². The molecule has 0 bridgehead atoms. The largest absolute Gasteiger partial charge is 0.463 e. The first-order valence-electron chi connectivity index (χ1n) is 22.3. The second-order valence-corrected chi connectivity index (χ2v) is 16.5. The van der Waals surface area contributed by atoms with Crippen molar-refractivity contribution in [3.63, 3.8) is 0 Å². The molecule has 0 aliphatic heterocycles. The normalized spacial score (nSPS) is 11.7. The van der Waals surface area contributed by atoms with Crippen LogP contribution in [0.1, 0.15) is 246 Å². The Labute approximate surface area is 312 Å². The lowest BCUT2D eigenvalue weighted by Gasteiger charge is -2.12. The monoisotopic (exact) mass is 709 g/mol. The van der Waals surface area contributed by atoms with Crippen LogP contribution in [0.5, 0.6) is 0 Å². The number of aliphatic hydroxyl groups excluding tert-OH is 1. The van der Waals surface area contributed by atoms with E-state index in [0.717, 1.165) is 37.5 Å². The summed E-state index contributed by atoms with van der Waals surface area (Å²) < 4.78 is 10.4. The number of hydrogen-bond donors (Lipinski definition) is 1. The number of aliphatic hydroxyl groups is 1. The predicted molar refractivity (Wildman–Crippen MR) is 215 cm³/mol. The molecule has 0 aromatic heterocycles. The molecule has 0 unspecified atom stereocenters. The zero-order valence-electron chi connectivity index (χ0n) is 34.3. The van der Waals surface area contributed by atoms with Crippen LogP contribution in [0.2, 0.25) is 0 Å². The molecule has 0 atom stereocenters. The van der Waals surface area contributed by atoms with Gasteiger partial charge in [0.05, 0.1) is 0 Å². The van der Waals surface area contributed by atoms with E-state index >= 15 is 0 Å². The van der Waals surface area contributed by atoms with Crippen molar-refractivity contribution in [3.8, 4) is 0 Å². The van der Waals surface area contributed by atoms with Gasteiger partial charge in [-0.25, -0.2) is 0 Å². The van der Waals surface area contributed by atoms with E-state index in [0.29, 0.717) is 12.8 Å². The minimum Gasteiger partial charge on any atom is -0.463 e. The first kappa shape index (κ1) is 48.9. The summed E-state index contributed by atoms with van der Waals surface area (Å²) in [7, 11) is 0. The van der Waals surface area contributed by atoms with Crippen LogP contribution in [0.4, 0.5) is 0 Å². The summed E-state index contributed by atoms with van der Waals surface area (Å²) in [5.74, 6) is 1.16. The Morgan fingerprint density at radius 3 is 0.780 bits per heavy atom. The number of carbonyl (C=O) groups is 2. The number of rotatable bonds is 40. The number of unbranched alkanes of at least 4 members (excludes halogenated alkanes) is 28. The maximum Gasteiger partial charge on any atom is 0.305 e. The summed E-state index contributed by atoms with van der Waals surface area (Å²) in [5.41, 5.74) is 0. The molecule has 0 aliphatic rings. The predicted octanol–water partition coefficient (Wildman–Crippen LogP) is 14.0. The van der Waals surface area contributed by atoms with Crippen molar-refractivity contribution in [1.82, 2.24) is 0 Å². The van der Waals surface area contributed by atoms with Crippen LogP contribution in [0.25, 0.3) is 0 Å². The lowest BCUT2D eigenvalue weighted by atomic mass is 10.0. The van der Waals surface area contributed by atoms with E-state index in [4.69, 9.17) is 9.47 Å². The summed E-state index contributed by atoms with van der Waals surface area (Å²) in [6.07, 6.45) is 41.7. The Hall–Kier alpha value is -1.10. The Morgan fingerprint density at radius 2 is 0.560 bits per heavy atom. The Bertz CT molecular complexity index is 648. The first-order valence-corrected chi connectivity index (χ1v) is 22.3. The zero-order valence-corrected chi connectivity index (χ0v) is 34.3. The van der Waals surface area contributed by atoms with E-state index < -0.39 is 6.10 Å². The van der Waals surface area contributed by atoms with Crippen LogP contribution in [0.15, 0.2) is 0 Å². The Morgan fingerprint density at radius 1 is 0.360 bits per heavy atom. The topological polar surface area (TPSA) is 72.8 Å². The van der Waals surface area contributed by atoms with E-state index in [1.54, 1.807) is 0 Å². The fourth-order valence-electron chi connectivity index (χ4n) is 6.81. The molecule has 0 saturated heterocycles. The molecule has 0 rings (SSSR count). The summed E-state index contributed by atoms with van der Waals surface area (Å²) >= 11 is 0. The second kappa shape index (κ2) is 39.1. The zero-order chi connectivity index (χ0) is 36.8. The van der Waals surface area contributed by atoms with Gasteiger partial charge in [0, 0.05) is 12.8 Å². The average molecular weight is 709 g/mol. The molecule has 0 fully saturated rings. The highest BCUT2D eigenvalue weighted by atomic mass is 16.6. The fraction of sp³-hybridized carbons (Fsp3) is 0.956. The standard InChI is InChI=1S/C45H88O5/c1-41(2)35-31-27-23-19-15-11-7-5-9-13-17-21-25-29-33-37-44(47)49-39-43(46)40-50-45(48)38-34-30-26-22-18-14-10-6-8-12-16-20-24-28-32-36-42(3)4/h41-43,46H,5-40H2,1-4H3. The molecule has 5 heteroatoms. The number of ether oxygens (including phenoxy) is 2. The van der Waals surface area contributed by atoms with Gasteiger partial charge in [-0.3, -0.25) is 9.59 Å². The minimum absolute atomic E-state index is 0.108. The number of hydrogen-bond acceptors (Lipinski definition) is 5. The summed E-state index contributed by atoms with van der Waals surface area (Å²) in [6.45, 7) is 9.06. The molecule has 0 spiro atoms. The van der Waals surface area contributed by atoms with Crippen LogP contribution >= 0.6 is 0 Å². The molecule has 50 heavy (non-hydrogen) atoms. The van der Waals surface area contributed by atoms with Gasteiger partial charge >= 0.3 is 11.9 Å². The summed E-state index contributed by atoms with van der Waals surface area (Å²) in [6, 6.07) is 0. The van der Waals surface area contributed by atoms with Gasteiger partial charge in [0.1, 0.15) is 19.3 Å². The van der Waals surface area contributed by atoms with Gasteiger partial charge in [-0.1, -0.05) is 220 Å². The summed E-state index contributed by atoms with van der Waals surface area (Å²) in [4.78, 5) is 24.0. The minimum atomic E-state index is -0.956. The molecule has 0 aromatic carbocycles. The molecule has 0 heterocycles. The van der Waals surface area contributed by atoms with Crippen molar-refractivity contribution < 1.29 is 24.2 Å². The van der Waals surface area contributed by atoms with Crippen molar-refractivity contribution in [2.45, 2.75) is 252 Å². The molecular weight excluding hydrogens is 620 g/mol. The van der Waals surface area contributed by atoms with Gasteiger partial charge in [-0.15, -0.1) is 0 Å². The van der Waals surface area contributed by atoms with Gasteiger partial charge in [0.15, 0.2) is 0 Å². The van der Waals surface area contributed by atoms with E-state index in [1.807, 2.05) is 0 Å². The van der Waals surface area contributed by atoms with Crippen molar-refractivity contribution in [1.29, 1.82) is 0 Å². The lowest BCUT2D eigenvalue weighted by Crippen LogP contribution is -2.25. The third kappa shape index (κ3) is 41.3. The summed E-state index contributed by atoms with van der Waals surface area (Å²) in [5, 5.41) is 10.0. The van der Waals surface area contributed by atoms with Crippen LogP contribution < -0.4 is 0 Å². The Kier molecular flexibility index (Phi) is 38.3. The third-order valence-electron chi connectivity index (χ3n) is 10.2. The third-order valence-corrected chi connectivity index (χ3v) is 10.2. The molecule has 1 N–H and O–H groups in total. The highest BCUT2D eigenvalue weighted by molar-refractivity contribution is 5.69. The number of carbonyl (C=O) groups excluding carboxylic acids is 2. The fourth-order valence-corrected chi connectivity index (χ4v) is 6.81. The maximum absolute atomic E-state index is 12.0. The van der Waals surface area contributed by atoms with Gasteiger partial charge < -0.3 is 14.6 Å². The molecule has 0 radical (unpaired) electrons. The Balaban J connectivity index is 3.36. The van der Waals surface area contributed by atoms with Crippen molar-refractivity contribution in [2.24, 2.45) is 11.8 Å². The molecule has 0 amide bonds. The SMILES string of the molecule is CC(C)CCCCCCCCCCCCCCCCCC(=O)OCC(O)COC(=O)CCCCCCCCCCCCCCCCCC(C)C. The van der Waals surface area contributed by atoms with Crippen molar-refractivity contribution in [2.75, 3.05) is 13.2 Å². The average Bonchev–Trinajstić information content (AvgIpc) is 3.08. The molecule has 0 saturated carbocycles. The van der Waals surface area contributed by atoms with Crippen LogP contribution in [-0.4, -0.2) is 36.4 Å². The molecule has 0 aromatic rings. The van der Waals surface area contributed by atoms with Crippen LogP contribution in [-0.2, 0) is 19.1 Å². The quantitative estimate of drug-likeness (QED) is 0.0507. The van der Waals surface area contributed by atoms with Gasteiger partial charge in [-0.05, 0) is 24.7 Å². The lowest BCUT2D eigenvalue weighted by molar-refractivity contribution is -0.152. The smallest absolute Gasteiger partial charge is 0.305 e. The number of esters is 2. The molecule has 298 valence electrons. The first-order chi connectivity index (χ1) is 24.3. The van der Waals surface area contributed by atoms with Crippen molar-refractivity contribution >= 4 is 11.9 Å². The van der Waals surface area contributed by atoms with E-state index in [2.05, 4.69) is 27.7 Å². The van der Waals surface area contributed by atoms with Crippen LogP contribution in [0, 0.1) is 11.8 Å². The maximum atomic E-state index is 12.0.